The van der Waals surface area contributed by atoms with E-state index in [1.807, 2.05) is 0 Å². The smallest absolute Gasteiger partial charge is 0.237 e. The maximum Gasteiger partial charge on any atom is 0.237 e. The van der Waals surface area contributed by atoms with Crippen LogP contribution >= 0.6 is 0 Å². The molecule has 5 nitrogen and oxygen atoms in total. The van der Waals surface area contributed by atoms with Crippen molar-refractivity contribution in [1.82, 2.24) is 15.5 Å². The molecular formula is C17H35N3O2. The number of morpholine rings is 1. The lowest BCUT2D eigenvalue weighted by atomic mass is 9.99. The number of amides is 1. The molecule has 0 aliphatic carbocycles. The normalized spacial score (nSPS) is 25.3. The summed E-state index contributed by atoms with van der Waals surface area (Å²) in [5.41, 5.74) is 0.0806. The highest BCUT2D eigenvalue weighted by Gasteiger charge is 2.33. The average Bonchev–Trinajstić information content (AvgIpc) is 2.32. The molecule has 0 aromatic heterocycles. The maximum atomic E-state index is 12.6. The van der Waals surface area contributed by atoms with E-state index in [1.165, 1.54) is 0 Å². The molecule has 0 bridgehead atoms. The van der Waals surface area contributed by atoms with E-state index in [0.29, 0.717) is 6.54 Å². The second-order valence-electron chi connectivity index (χ2n) is 7.87. The fraction of sp³-hybridized carbons (Fsp3) is 0.941. The van der Waals surface area contributed by atoms with Crippen molar-refractivity contribution in [2.45, 2.75) is 72.3 Å². The molecule has 2 N–H and O–H groups in total. The molecule has 1 heterocycles. The van der Waals surface area contributed by atoms with E-state index in [0.717, 1.165) is 19.6 Å². The van der Waals surface area contributed by atoms with E-state index in [-0.39, 0.29) is 35.6 Å². The summed E-state index contributed by atoms with van der Waals surface area (Å²) in [6.45, 7) is 17.8. The van der Waals surface area contributed by atoms with Crippen molar-refractivity contribution in [3.05, 3.63) is 0 Å². The minimum atomic E-state index is -0.0802. The Morgan fingerprint density at radius 3 is 2.18 bits per heavy atom. The van der Waals surface area contributed by atoms with Crippen molar-refractivity contribution < 1.29 is 9.53 Å². The van der Waals surface area contributed by atoms with Crippen molar-refractivity contribution in [2.24, 2.45) is 5.92 Å². The zero-order valence-corrected chi connectivity index (χ0v) is 15.4. The molecule has 0 saturated carbocycles. The zero-order chi connectivity index (χ0) is 16.9. The molecule has 3 unspecified atom stereocenters. The Hall–Kier alpha value is -0.650. The molecule has 0 radical (unpaired) electrons. The first kappa shape index (κ1) is 19.4. The van der Waals surface area contributed by atoms with E-state index in [4.69, 9.17) is 4.74 Å². The molecule has 5 heteroatoms. The summed E-state index contributed by atoms with van der Waals surface area (Å²) in [7, 11) is 0. The Balaban J connectivity index is 2.53. The number of carbonyl (C=O) groups is 1. The van der Waals surface area contributed by atoms with E-state index in [1.54, 1.807) is 0 Å². The van der Waals surface area contributed by atoms with Crippen molar-refractivity contribution >= 4 is 5.91 Å². The Labute approximate surface area is 136 Å². The van der Waals surface area contributed by atoms with Gasteiger partial charge < -0.3 is 15.4 Å². The molecule has 1 fully saturated rings. The summed E-state index contributed by atoms with van der Waals surface area (Å²) in [5.74, 6) is 0.417. The first-order valence-corrected chi connectivity index (χ1v) is 8.52. The van der Waals surface area contributed by atoms with Crippen LogP contribution in [0.25, 0.3) is 0 Å². The summed E-state index contributed by atoms with van der Waals surface area (Å²) in [6.07, 6.45) is 0.362. The minimum absolute atomic E-state index is 0.0802. The molecule has 1 aliphatic rings. The number of rotatable bonds is 6. The predicted octanol–water partition coefficient (Wildman–Crippen LogP) is 1.62. The van der Waals surface area contributed by atoms with Gasteiger partial charge in [0.1, 0.15) is 0 Å². The molecule has 1 amide bonds. The highest BCUT2D eigenvalue weighted by Crippen LogP contribution is 2.18. The van der Waals surface area contributed by atoms with Crippen LogP contribution < -0.4 is 10.6 Å². The summed E-state index contributed by atoms with van der Waals surface area (Å²) in [4.78, 5) is 14.9. The molecule has 0 aromatic rings. The molecule has 0 aromatic carbocycles. The van der Waals surface area contributed by atoms with Gasteiger partial charge in [0, 0.05) is 31.7 Å². The highest BCUT2D eigenvalue weighted by molar-refractivity contribution is 5.82. The molecule has 22 heavy (non-hydrogen) atoms. The summed E-state index contributed by atoms with van der Waals surface area (Å²) < 4.78 is 5.78. The second kappa shape index (κ2) is 8.27. The van der Waals surface area contributed by atoms with Crippen LogP contribution in [-0.4, -0.2) is 60.8 Å². The lowest BCUT2D eigenvalue weighted by Gasteiger charge is -2.41. The van der Waals surface area contributed by atoms with E-state index in [9.17, 15) is 4.79 Å². The van der Waals surface area contributed by atoms with Crippen molar-refractivity contribution in [3.63, 3.8) is 0 Å². The molecule has 1 rings (SSSR count). The van der Waals surface area contributed by atoms with Crippen LogP contribution in [0.4, 0.5) is 0 Å². The SMILES string of the molecule is CC1CN(C(C(=O)NCCNC(C)(C)C)C(C)C)CC(C)O1. The van der Waals surface area contributed by atoms with Gasteiger partial charge in [-0.25, -0.2) is 0 Å². The van der Waals surface area contributed by atoms with Crippen LogP contribution in [0.2, 0.25) is 0 Å². The van der Waals surface area contributed by atoms with Gasteiger partial charge in [-0.2, -0.15) is 0 Å². The van der Waals surface area contributed by atoms with E-state index >= 15 is 0 Å². The van der Waals surface area contributed by atoms with Gasteiger partial charge in [-0.15, -0.1) is 0 Å². The fourth-order valence-electron chi connectivity index (χ4n) is 3.06. The predicted molar refractivity (Wildman–Crippen MR) is 91.0 cm³/mol. The third-order valence-corrected chi connectivity index (χ3v) is 3.82. The fourth-order valence-corrected chi connectivity index (χ4v) is 3.06. The maximum absolute atomic E-state index is 12.6. The number of nitrogens with zero attached hydrogens (tertiary/aromatic N) is 1. The monoisotopic (exact) mass is 313 g/mol. The van der Waals surface area contributed by atoms with Crippen LogP contribution in [0.3, 0.4) is 0 Å². The van der Waals surface area contributed by atoms with Crippen LogP contribution in [0, 0.1) is 5.92 Å². The van der Waals surface area contributed by atoms with Crippen molar-refractivity contribution in [3.8, 4) is 0 Å². The zero-order valence-electron chi connectivity index (χ0n) is 15.4. The summed E-state index contributed by atoms with van der Waals surface area (Å²) in [5, 5.41) is 6.47. The van der Waals surface area contributed by atoms with E-state index in [2.05, 4.69) is 64.0 Å². The lowest BCUT2D eigenvalue weighted by Crippen LogP contribution is -2.57. The van der Waals surface area contributed by atoms with Gasteiger partial charge in [0.25, 0.3) is 0 Å². The van der Waals surface area contributed by atoms with Gasteiger partial charge in [-0.3, -0.25) is 9.69 Å². The standard InChI is InChI=1S/C17H35N3O2/c1-12(2)15(20-10-13(3)22-14(4)11-20)16(21)18-8-9-19-17(5,6)7/h12-15,19H,8-11H2,1-7H3,(H,18,21). The molecule has 1 aliphatic heterocycles. The van der Waals surface area contributed by atoms with Gasteiger partial charge in [0.2, 0.25) is 5.91 Å². The number of ether oxygens (including phenoxy) is 1. The average molecular weight is 313 g/mol. The molecule has 0 spiro atoms. The second-order valence-corrected chi connectivity index (χ2v) is 7.87. The number of nitrogens with one attached hydrogen (secondary N) is 2. The number of carbonyl (C=O) groups excluding carboxylic acids is 1. The molecule has 3 atom stereocenters. The Kier molecular flexibility index (Phi) is 7.29. The number of hydrogen-bond acceptors (Lipinski definition) is 4. The topological polar surface area (TPSA) is 53.6 Å². The first-order chi connectivity index (χ1) is 10.1. The molecule has 1 saturated heterocycles. The lowest BCUT2D eigenvalue weighted by molar-refractivity contribution is -0.135. The van der Waals surface area contributed by atoms with Crippen LogP contribution in [-0.2, 0) is 9.53 Å². The largest absolute Gasteiger partial charge is 0.373 e. The Morgan fingerprint density at radius 2 is 1.73 bits per heavy atom. The minimum Gasteiger partial charge on any atom is -0.373 e. The van der Waals surface area contributed by atoms with Gasteiger partial charge in [-0.05, 0) is 40.5 Å². The van der Waals surface area contributed by atoms with Gasteiger partial charge in [0.15, 0.2) is 0 Å². The third-order valence-electron chi connectivity index (χ3n) is 3.82. The van der Waals surface area contributed by atoms with Crippen LogP contribution in [0.5, 0.6) is 0 Å². The molecule has 130 valence electrons. The highest BCUT2D eigenvalue weighted by atomic mass is 16.5. The van der Waals surface area contributed by atoms with Crippen LogP contribution in [0.15, 0.2) is 0 Å². The Morgan fingerprint density at radius 1 is 1.18 bits per heavy atom. The first-order valence-electron chi connectivity index (χ1n) is 8.52. The van der Waals surface area contributed by atoms with Gasteiger partial charge in [-0.1, -0.05) is 13.8 Å². The Bertz CT molecular complexity index is 342. The van der Waals surface area contributed by atoms with E-state index < -0.39 is 0 Å². The van der Waals surface area contributed by atoms with Gasteiger partial charge >= 0.3 is 0 Å². The quantitative estimate of drug-likeness (QED) is 0.732. The summed E-state index contributed by atoms with van der Waals surface area (Å²) >= 11 is 0. The van der Waals surface area contributed by atoms with Crippen LogP contribution in [0.1, 0.15) is 48.5 Å². The summed E-state index contributed by atoms with van der Waals surface area (Å²) in [6, 6.07) is -0.0802. The van der Waals surface area contributed by atoms with Crippen molar-refractivity contribution in [2.75, 3.05) is 26.2 Å². The molecular weight excluding hydrogens is 278 g/mol. The number of hydrogen-bond donors (Lipinski definition) is 2. The third kappa shape index (κ3) is 6.63. The van der Waals surface area contributed by atoms with Gasteiger partial charge in [0.05, 0.1) is 18.2 Å². The van der Waals surface area contributed by atoms with Crippen molar-refractivity contribution in [1.29, 1.82) is 0 Å².